The molecule has 0 radical (unpaired) electrons. The summed E-state index contributed by atoms with van der Waals surface area (Å²) in [5, 5.41) is 0. The number of hydrogen-bond acceptors (Lipinski definition) is 3. The maximum Gasteiger partial charge on any atom is 0.223 e. The van der Waals surface area contributed by atoms with Gasteiger partial charge in [-0.1, -0.05) is 13.0 Å². The Hall–Kier alpha value is -2.10. The van der Waals surface area contributed by atoms with Gasteiger partial charge in [0.1, 0.15) is 5.76 Å². The van der Waals surface area contributed by atoms with Crippen molar-refractivity contribution in [1.82, 2.24) is 9.88 Å². The van der Waals surface area contributed by atoms with Crippen LogP contribution >= 0.6 is 0 Å². The fourth-order valence-corrected chi connectivity index (χ4v) is 1.73. The summed E-state index contributed by atoms with van der Waals surface area (Å²) in [6, 6.07) is 9.39. The summed E-state index contributed by atoms with van der Waals surface area (Å²) in [6.07, 6.45) is 3.83. The summed E-state index contributed by atoms with van der Waals surface area (Å²) < 4.78 is 5.28. The summed E-state index contributed by atoms with van der Waals surface area (Å²) >= 11 is 0. The molecule has 4 nitrogen and oxygen atoms in total. The first-order valence-corrected chi connectivity index (χ1v) is 5.99. The molecule has 2 rings (SSSR count). The standard InChI is InChI=1S/C14H16N2O2/c1-2-14(17)16(11-13-7-5-9-18-13)10-12-6-3-4-8-15-12/h3-9H,2,10-11H2,1H3. The van der Waals surface area contributed by atoms with Crippen LogP contribution in [0.1, 0.15) is 24.8 Å². The minimum absolute atomic E-state index is 0.0945. The molecule has 0 fully saturated rings. The van der Waals surface area contributed by atoms with E-state index in [0.717, 1.165) is 11.5 Å². The van der Waals surface area contributed by atoms with E-state index in [1.54, 1.807) is 17.4 Å². The van der Waals surface area contributed by atoms with Crippen molar-refractivity contribution in [3.8, 4) is 0 Å². The van der Waals surface area contributed by atoms with E-state index in [0.29, 0.717) is 19.5 Å². The number of rotatable bonds is 5. The zero-order chi connectivity index (χ0) is 12.8. The summed E-state index contributed by atoms with van der Waals surface area (Å²) in [7, 11) is 0. The lowest BCUT2D eigenvalue weighted by Gasteiger charge is -2.20. The van der Waals surface area contributed by atoms with Gasteiger partial charge in [-0.05, 0) is 24.3 Å². The molecule has 0 aromatic carbocycles. The smallest absolute Gasteiger partial charge is 0.223 e. The molecule has 0 atom stereocenters. The van der Waals surface area contributed by atoms with Gasteiger partial charge >= 0.3 is 0 Å². The first-order valence-electron chi connectivity index (χ1n) is 5.99. The number of aromatic nitrogens is 1. The minimum Gasteiger partial charge on any atom is -0.467 e. The Morgan fingerprint density at radius 2 is 2.17 bits per heavy atom. The number of furan rings is 1. The summed E-state index contributed by atoms with van der Waals surface area (Å²) in [5.41, 5.74) is 0.880. The molecule has 2 heterocycles. The lowest BCUT2D eigenvalue weighted by Crippen LogP contribution is -2.29. The Morgan fingerprint density at radius 3 is 2.78 bits per heavy atom. The Labute approximate surface area is 106 Å². The van der Waals surface area contributed by atoms with E-state index < -0.39 is 0 Å². The molecule has 1 amide bonds. The molecule has 2 aromatic heterocycles. The first-order chi connectivity index (χ1) is 8.79. The maximum atomic E-state index is 11.9. The fraction of sp³-hybridized carbons (Fsp3) is 0.286. The highest BCUT2D eigenvalue weighted by Crippen LogP contribution is 2.10. The summed E-state index contributed by atoms with van der Waals surface area (Å²) in [4.78, 5) is 17.9. The van der Waals surface area contributed by atoms with E-state index in [2.05, 4.69) is 4.98 Å². The number of amides is 1. The minimum atomic E-state index is 0.0945. The van der Waals surface area contributed by atoms with Crippen LogP contribution in [0.2, 0.25) is 0 Å². The average Bonchev–Trinajstić information content (AvgIpc) is 2.91. The summed E-state index contributed by atoms with van der Waals surface area (Å²) in [6.45, 7) is 2.85. The van der Waals surface area contributed by atoms with Gasteiger partial charge in [-0.2, -0.15) is 0 Å². The number of carbonyl (C=O) groups excluding carboxylic acids is 1. The molecule has 0 aliphatic rings. The monoisotopic (exact) mass is 244 g/mol. The predicted octanol–water partition coefficient (Wildman–Crippen LogP) is 2.61. The molecule has 0 aliphatic carbocycles. The second-order valence-corrected chi connectivity index (χ2v) is 4.00. The van der Waals surface area contributed by atoms with Crippen molar-refractivity contribution in [2.45, 2.75) is 26.4 Å². The van der Waals surface area contributed by atoms with E-state index >= 15 is 0 Å². The topological polar surface area (TPSA) is 46.3 Å². The van der Waals surface area contributed by atoms with E-state index in [4.69, 9.17) is 4.42 Å². The van der Waals surface area contributed by atoms with Crippen LogP contribution in [0.15, 0.2) is 47.2 Å². The molecule has 18 heavy (non-hydrogen) atoms. The highest BCUT2D eigenvalue weighted by molar-refractivity contribution is 5.75. The molecule has 0 aliphatic heterocycles. The van der Waals surface area contributed by atoms with Crippen LogP contribution in [-0.2, 0) is 17.9 Å². The molecule has 2 aromatic rings. The van der Waals surface area contributed by atoms with Crippen LogP contribution in [0.4, 0.5) is 0 Å². The van der Waals surface area contributed by atoms with E-state index in [-0.39, 0.29) is 5.91 Å². The molecular weight excluding hydrogens is 228 g/mol. The van der Waals surface area contributed by atoms with Crippen molar-refractivity contribution in [3.63, 3.8) is 0 Å². The Morgan fingerprint density at radius 1 is 1.28 bits per heavy atom. The Balaban J connectivity index is 2.08. The molecule has 0 saturated heterocycles. The van der Waals surface area contributed by atoms with Crippen LogP contribution < -0.4 is 0 Å². The van der Waals surface area contributed by atoms with E-state index in [1.165, 1.54) is 0 Å². The lowest BCUT2D eigenvalue weighted by molar-refractivity contribution is -0.132. The average molecular weight is 244 g/mol. The first kappa shape index (κ1) is 12.4. The number of hydrogen-bond donors (Lipinski definition) is 0. The van der Waals surface area contributed by atoms with Crippen LogP contribution in [0.25, 0.3) is 0 Å². The molecular formula is C14H16N2O2. The second kappa shape index (κ2) is 6.00. The largest absolute Gasteiger partial charge is 0.467 e. The van der Waals surface area contributed by atoms with Crippen molar-refractivity contribution < 1.29 is 9.21 Å². The maximum absolute atomic E-state index is 11.9. The van der Waals surface area contributed by atoms with Crippen molar-refractivity contribution in [1.29, 1.82) is 0 Å². The van der Waals surface area contributed by atoms with Crippen molar-refractivity contribution >= 4 is 5.91 Å². The summed E-state index contributed by atoms with van der Waals surface area (Å²) in [5.74, 6) is 0.879. The van der Waals surface area contributed by atoms with Gasteiger partial charge in [0.05, 0.1) is 25.0 Å². The number of carbonyl (C=O) groups is 1. The third kappa shape index (κ3) is 3.20. The van der Waals surface area contributed by atoms with Gasteiger partial charge in [-0.3, -0.25) is 9.78 Å². The van der Waals surface area contributed by atoms with Gasteiger partial charge in [0.25, 0.3) is 0 Å². The normalized spacial score (nSPS) is 10.3. The highest BCUT2D eigenvalue weighted by Gasteiger charge is 2.14. The molecule has 0 spiro atoms. The van der Waals surface area contributed by atoms with Crippen LogP contribution in [0.5, 0.6) is 0 Å². The number of nitrogens with zero attached hydrogens (tertiary/aromatic N) is 2. The van der Waals surface area contributed by atoms with Gasteiger partial charge < -0.3 is 9.32 Å². The van der Waals surface area contributed by atoms with Crippen LogP contribution in [0.3, 0.4) is 0 Å². The molecule has 0 N–H and O–H groups in total. The quantitative estimate of drug-likeness (QED) is 0.812. The Bertz CT molecular complexity index is 480. The Kier molecular flexibility index (Phi) is 4.12. The second-order valence-electron chi connectivity index (χ2n) is 4.00. The van der Waals surface area contributed by atoms with Crippen LogP contribution in [-0.4, -0.2) is 15.8 Å². The molecule has 94 valence electrons. The van der Waals surface area contributed by atoms with E-state index in [1.807, 2.05) is 37.3 Å². The van der Waals surface area contributed by atoms with Crippen molar-refractivity contribution in [3.05, 3.63) is 54.2 Å². The predicted molar refractivity (Wildman–Crippen MR) is 67.5 cm³/mol. The fourth-order valence-electron chi connectivity index (χ4n) is 1.73. The molecule has 0 saturated carbocycles. The van der Waals surface area contributed by atoms with Crippen molar-refractivity contribution in [2.24, 2.45) is 0 Å². The zero-order valence-corrected chi connectivity index (χ0v) is 10.4. The zero-order valence-electron chi connectivity index (χ0n) is 10.4. The van der Waals surface area contributed by atoms with Gasteiger partial charge in [0.2, 0.25) is 5.91 Å². The van der Waals surface area contributed by atoms with Crippen LogP contribution in [0, 0.1) is 0 Å². The van der Waals surface area contributed by atoms with Gasteiger partial charge in [-0.15, -0.1) is 0 Å². The third-order valence-electron chi connectivity index (χ3n) is 2.66. The van der Waals surface area contributed by atoms with Gasteiger partial charge in [0.15, 0.2) is 0 Å². The molecule has 0 unspecified atom stereocenters. The highest BCUT2D eigenvalue weighted by atomic mass is 16.3. The SMILES string of the molecule is CCC(=O)N(Cc1ccccn1)Cc1ccco1. The molecule has 0 bridgehead atoms. The van der Waals surface area contributed by atoms with Gasteiger partial charge in [-0.25, -0.2) is 0 Å². The third-order valence-corrected chi connectivity index (χ3v) is 2.66. The molecule has 4 heteroatoms. The van der Waals surface area contributed by atoms with Crippen molar-refractivity contribution in [2.75, 3.05) is 0 Å². The van der Waals surface area contributed by atoms with Gasteiger partial charge in [0, 0.05) is 12.6 Å². The lowest BCUT2D eigenvalue weighted by atomic mass is 10.3. The number of pyridine rings is 1. The van der Waals surface area contributed by atoms with E-state index in [9.17, 15) is 4.79 Å².